The van der Waals surface area contributed by atoms with E-state index in [4.69, 9.17) is 21.1 Å². The van der Waals surface area contributed by atoms with Crippen molar-refractivity contribution in [3.8, 4) is 0 Å². The zero-order chi connectivity index (χ0) is 11.0. The fraction of sp³-hybridized carbons (Fsp3) is 0.778. The second kappa shape index (κ2) is 7.62. The van der Waals surface area contributed by atoms with Crippen LogP contribution in [0, 0.1) is 0 Å². The molecule has 0 aliphatic carbocycles. The molecule has 0 N–H and O–H groups in total. The van der Waals surface area contributed by atoms with Gasteiger partial charge < -0.3 is 9.47 Å². The molecular formula is C9H15ClO4. The van der Waals surface area contributed by atoms with Gasteiger partial charge in [0.05, 0.1) is 5.88 Å². The highest BCUT2D eigenvalue weighted by molar-refractivity contribution is 6.18. The minimum absolute atomic E-state index is 0.139. The Kier molecular flexibility index (Phi) is 7.20. The predicted octanol–water partition coefficient (Wildman–Crippen LogP) is 1.50. The molecule has 1 atom stereocenters. The summed E-state index contributed by atoms with van der Waals surface area (Å²) >= 11 is 5.34. The quantitative estimate of drug-likeness (QED) is 0.505. The molecule has 0 spiro atoms. The summed E-state index contributed by atoms with van der Waals surface area (Å²) in [6.07, 6.45) is -0.141. The first-order chi connectivity index (χ1) is 6.65. The van der Waals surface area contributed by atoms with Gasteiger partial charge in [-0.1, -0.05) is 13.8 Å². The third kappa shape index (κ3) is 5.07. The monoisotopic (exact) mass is 222 g/mol. The first-order valence-corrected chi connectivity index (χ1v) is 5.11. The molecule has 0 aromatic carbocycles. The van der Waals surface area contributed by atoms with Gasteiger partial charge in [0.25, 0.3) is 0 Å². The van der Waals surface area contributed by atoms with Crippen LogP contribution in [0.5, 0.6) is 0 Å². The number of esters is 2. The molecule has 0 saturated heterocycles. The molecule has 14 heavy (non-hydrogen) atoms. The van der Waals surface area contributed by atoms with Gasteiger partial charge in [-0.25, -0.2) is 4.79 Å². The average Bonchev–Trinajstić information content (AvgIpc) is 2.21. The van der Waals surface area contributed by atoms with Gasteiger partial charge in [0.1, 0.15) is 6.61 Å². The lowest BCUT2D eigenvalue weighted by molar-refractivity contribution is -0.167. The van der Waals surface area contributed by atoms with Crippen LogP contribution in [0.2, 0.25) is 0 Å². The Bertz CT molecular complexity index is 193. The van der Waals surface area contributed by atoms with Crippen LogP contribution in [0.1, 0.15) is 26.7 Å². The molecule has 0 amide bonds. The van der Waals surface area contributed by atoms with Crippen LogP contribution in [-0.4, -0.2) is 30.5 Å². The van der Waals surface area contributed by atoms with Crippen molar-refractivity contribution in [2.75, 3.05) is 12.5 Å². The van der Waals surface area contributed by atoms with E-state index in [2.05, 4.69) is 0 Å². The second-order valence-corrected chi connectivity index (χ2v) is 2.97. The Morgan fingerprint density at radius 1 is 1.36 bits per heavy atom. The smallest absolute Gasteiger partial charge is 0.347 e. The van der Waals surface area contributed by atoms with Crippen molar-refractivity contribution in [3.63, 3.8) is 0 Å². The number of hydrogen-bond donors (Lipinski definition) is 0. The van der Waals surface area contributed by atoms with E-state index in [-0.39, 0.29) is 18.9 Å². The van der Waals surface area contributed by atoms with Crippen molar-refractivity contribution in [2.24, 2.45) is 0 Å². The average molecular weight is 223 g/mol. The molecule has 0 aromatic rings. The number of carbonyl (C=O) groups is 2. The van der Waals surface area contributed by atoms with Gasteiger partial charge in [-0.15, -0.1) is 11.6 Å². The summed E-state index contributed by atoms with van der Waals surface area (Å²) in [6.45, 7) is 3.55. The fourth-order valence-electron chi connectivity index (χ4n) is 0.772. The maximum atomic E-state index is 11.2. The van der Waals surface area contributed by atoms with E-state index in [1.165, 1.54) is 0 Å². The zero-order valence-corrected chi connectivity index (χ0v) is 9.17. The summed E-state index contributed by atoms with van der Waals surface area (Å²) in [5.74, 6) is -0.696. The Balaban J connectivity index is 3.98. The topological polar surface area (TPSA) is 52.6 Å². The van der Waals surface area contributed by atoms with E-state index < -0.39 is 18.0 Å². The molecule has 0 bridgehead atoms. The first-order valence-electron chi connectivity index (χ1n) is 4.57. The largest absolute Gasteiger partial charge is 0.462 e. The molecular weight excluding hydrogens is 208 g/mol. The van der Waals surface area contributed by atoms with Crippen LogP contribution < -0.4 is 0 Å². The van der Waals surface area contributed by atoms with E-state index in [1.54, 1.807) is 13.8 Å². The lowest BCUT2D eigenvalue weighted by Gasteiger charge is -2.13. The first kappa shape index (κ1) is 13.2. The fourth-order valence-corrected chi connectivity index (χ4v) is 0.849. The van der Waals surface area contributed by atoms with E-state index in [0.29, 0.717) is 6.42 Å². The minimum atomic E-state index is -0.800. The number of halogens is 1. The highest BCUT2D eigenvalue weighted by Gasteiger charge is 2.21. The van der Waals surface area contributed by atoms with E-state index in [0.717, 1.165) is 0 Å². The maximum Gasteiger partial charge on any atom is 0.347 e. The van der Waals surface area contributed by atoms with E-state index >= 15 is 0 Å². The standard InChI is InChI=1S/C9H15ClO4/c1-3-7(14-8(11)4-2)9(12)13-6-5-10/h7H,3-6H2,1-2H3. The summed E-state index contributed by atoms with van der Waals surface area (Å²) in [7, 11) is 0. The summed E-state index contributed by atoms with van der Waals surface area (Å²) in [5.41, 5.74) is 0. The molecule has 5 heteroatoms. The Morgan fingerprint density at radius 2 is 2.00 bits per heavy atom. The van der Waals surface area contributed by atoms with Crippen molar-refractivity contribution in [1.82, 2.24) is 0 Å². The molecule has 0 aliphatic heterocycles. The second-order valence-electron chi connectivity index (χ2n) is 2.60. The van der Waals surface area contributed by atoms with Crippen molar-refractivity contribution >= 4 is 23.5 Å². The van der Waals surface area contributed by atoms with Gasteiger partial charge in [-0.05, 0) is 6.42 Å². The normalized spacial score (nSPS) is 11.9. The number of hydrogen-bond acceptors (Lipinski definition) is 4. The molecule has 0 aliphatic rings. The molecule has 0 saturated carbocycles. The van der Waals surface area contributed by atoms with E-state index in [1.807, 2.05) is 0 Å². The van der Waals surface area contributed by atoms with Crippen molar-refractivity contribution in [2.45, 2.75) is 32.8 Å². The molecule has 1 unspecified atom stereocenters. The molecule has 0 heterocycles. The van der Waals surface area contributed by atoms with Crippen LogP contribution in [-0.2, 0) is 19.1 Å². The lowest BCUT2D eigenvalue weighted by Crippen LogP contribution is -2.28. The number of rotatable bonds is 6. The summed E-state index contributed by atoms with van der Waals surface area (Å²) < 4.78 is 9.59. The molecule has 0 fully saturated rings. The molecule has 0 rings (SSSR count). The predicted molar refractivity (Wildman–Crippen MR) is 52.1 cm³/mol. The van der Waals surface area contributed by atoms with Crippen molar-refractivity contribution < 1.29 is 19.1 Å². The summed E-state index contributed by atoms with van der Waals surface area (Å²) in [5, 5.41) is 0. The Hall–Kier alpha value is -0.770. The van der Waals surface area contributed by atoms with Crippen molar-refractivity contribution in [1.29, 1.82) is 0 Å². The van der Waals surface area contributed by atoms with E-state index in [9.17, 15) is 9.59 Å². The summed E-state index contributed by atoms with van der Waals surface area (Å²) in [6, 6.07) is 0. The Labute approximate surface area is 88.5 Å². The number of carbonyl (C=O) groups excluding carboxylic acids is 2. The van der Waals surface area contributed by atoms with Gasteiger partial charge in [0.2, 0.25) is 0 Å². The van der Waals surface area contributed by atoms with Crippen LogP contribution in [0.25, 0.3) is 0 Å². The number of alkyl halides is 1. The molecule has 0 aromatic heterocycles. The third-order valence-corrected chi connectivity index (χ3v) is 1.67. The van der Waals surface area contributed by atoms with Gasteiger partial charge in [0.15, 0.2) is 6.10 Å². The van der Waals surface area contributed by atoms with Crippen LogP contribution in [0.4, 0.5) is 0 Å². The maximum absolute atomic E-state index is 11.2. The van der Waals surface area contributed by atoms with Crippen molar-refractivity contribution in [3.05, 3.63) is 0 Å². The highest BCUT2D eigenvalue weighted by Crippen LogP contribution is 2.03. The SMILES string of the molecule is CCC(=O)OC(CC)C(=O)OCCCl. The minimum Gasteiger partial charge on any atom is -0.462 e. The molecule has 4 nitrogen and oxygen atoms in total. The summed E-state index contributed by atoms with van der Waals surface area (Å²) in [4.78, 5) is 22.1. The van der Waals surface area contributed by atoms with Crippen LogP contribution in [0.15, 0.2) is 0 Å². The zero-order valence-electron chi connectivity index (χ0n) is 8.42. The molecule has 0 radical (unpaired) electrons. The van der Waals surface area contributed by atoms with Gasteiger partial charge >= 0.3 is 11.9 Å². The van der Waals surface area contributed by atoms with Gasteiger partial charge in [0, 0.05) is 6.42 Å². The lowest BCUT2D eigenvalue weighted by atomic mass is 10.3. The third-order valence-electron chi connectivity index (χ3n) is 1.52. The number of ether oxygens (including phenoxy) is 2. The highest BCUT2D eigenvalue weighted by atomic mass is 35.5. The Morgan fingerprint density at radius 3 is 2.43 bits per heavy atom. The molecule has 82 valence electrons. The van der Waals surface area contributed by atoms with Crippen LogP contribution in [0.3, 0.4) is 0 Å². The van der Waals surface area contributed by atoms with Gasteiger partial charge in [-0.3, -0.25) is 4.79 Å². The van der Waals surface area contributed by atoms with Crippen LogP contribution >= 0.6 is 11.6 Å². The van der Waals surface area contributed by atoms with Gasteiger partial charge in [-0.2, -0.15) is 0 Å².